The summed E-state index contributed by atoms with van der Waals surface area (Å²) in [6, 6.07) is 8.76. The average molecular weight is 369 g/mol. The highest BCUT2D eigenvalue weighted by molar-refractivity contribution is 9.11. The van der Waals surface area contributed by atoms with Crippen molar-refractivity contribution in [3.8, 4) is 11.5 Å². The number of hydrogen-bond acceptors (Lipinski definition) is 5. The van der Waals surface area contributed by atoms with Gasteiger partial charge in [-0.15, -0.1) is 11.3 Å². The molecule has 2 rings (SSSR count). The second kappa shape index (κ2) is 7.24. The molecule has 1 heterocycles. The lowest BCUT2D eigenvalue weighted by Crippen LogP contribution is -2.17. The summed E-state index contributed by atoms with van der Waals surface area (Å²) in [6.07, 6.45) is 1.59. The van der Waals surface area contributed by atoms with Crippen molar-refractivity contribution in [3.05, 3.63) is 44.6 Å². The summed E-state index contributed by atoms with van der Waals surface area (Å²) < 4.78 is 11.3. The standard InChI is InChI=1S/C14H13BrN2O3S/c1-19-10-5-9(6-11(7-10)20-2)14(18)17-16-8-12-3-4-13(15)21-12/h3-8H,1-2H3,(H,17,18). The molecule has 110 valence electrons. The van der Waals surface area contributed by atoms with Crippen molar-refractivity contribution in [2.75, 3.05) is 14.2 Å². The van der Waals surface area contributed by atoms with Gasteiger partial charge in [-0.1, -0.05) is 0 Å². The highest BCUT2D eigenvalue weighted by atomic mass is 79.9. The van der Waals surface area contributed by atoms with E-state index in [0.717, 1.165) is 8.66 Å². The number of methoxy groups -OCH3 is 2. The molecule has 0 bridgehead atoms. The molecule has 0 saturated carbocycles. The van der Waals surface area contributed by atoms with Crippen LogP contribution in [0, 0.1) is 0 Å². The predicted molar refractivity (Wildman–Crippen MR) is 86.6 cm³/mol. The van der Waals surface area contributed by atoms with E-state index in [4.69, 9.17) is 9.47 Å². The van der Waals surface area contributed by atoms with E-state index in [1.165, 1.54) is 25.6 Å². The van der Waals surface area contributed by atoms with Crippen LogP contribution in [0.1, 0.15) is 15.2 Å². The Morgan fingerprint density at radius 3 is 2.43 bits per heavy atom. The fraction of sp³-hybridized carbons (Fsp3) is 0.143. The molecular formula is C14H13BrN2O3S. The van der Waals surface area contributed by atoms with E-state index in [-0.39, 0.29) is 5.91 Å². The first-order valence-corrected chi connectivity index (χ1v) is 7.55. The first-order valence-electron chi connectivity index (χ1n) is 5.94. The highest BCUT2D eigenvalue weighted by Crippen LogP contribution is 2.22. The molecule has 5 nitrogen and oxygen atoms in total. The van der Waals surface area contributed by atoms with Crippen LogP contribution in [0.15, 0.2) is 39.2 Å². The largest absolute Gasteiger partial charge is 0.497 e. The number of benzene rings is 1. The van der Waals surface area contributed by atoms with E-state index in [9.17, 15) is 4.79 Å². The van der Waals surface area contributed by atoms with Gasteiger partial charge in [0.2, 0.25) is 0 Å². The quantitative estimate of drug-likeness (QED) is 0.650. The summed E-state index contributed by atoms with van der Waals surface area (Å²) >= 11 is 4.89. The Morgan fingerprint density at radius 1 is 1.24 bits per heavy atom. The molecule has 7 heteroatoms. The van der Waals surface area contributed by atoms with Gasteiger partial charge in [0.1, 0.15) is 11.5 Å². The van der Waals surface area contributed by atoms with Crippen LogP contribution in [-0.4, -0.2) is 26.3 Å². The van der Waals surface area contributed by atoms with Crippen molar-refractivity contribution in [2.45, 2.75) is 0 Å². The van der Waals surface area contributed by atoms with Gasteiger partial charge in [-0.25, -0.2) is 5.43 Å². The Hall–Kier alpha value is -1.86. The number of nitrogens with one attached hydrogen (secondary N) is 1. The Labute approximate surface area is 134 Å². The Kier molecular flexibility index (Phi) is 5.35. The number of nitrogens with zero attached hydrogens (tertiary/aromatic N) is 1. The van der Waals surface area contributed by atoms with E-state index >= 15 is 0 Å². The summed E-state index contributed by atoms with van der Waals surface area (Å²) in [5, 5.41) is 3.93. The van der Waals surface area contributed by atoms with Gasteiger partial charge in [0.05, 0.1) is 24.2 Å². The van der Waals surface area contributed by atoms with Crippen molar-refractivity contribution in [1.29, 1.82) is 0 Å². The van der Waals surface area contributed by atoms with Gasteiger partial charge >= 0.3 is 0 Å². The maximum Gasteiger partial charge on any atom is 0.271 e. The SMILES string of the molecule is COc1cc(OC)cc(C(=O)NN=Cc2ccc(Br)s2)c1. The number of thiophene rings is 1. The normalized spacial score (nSPS) is 10.6. The molecule has 0 aliphatic heterocycles. The lowest BCUT2D eigenvalue weighted by Gasteiger charge is -2.07. The Balaban J connectivity index is 2.07. The minimum Gasteiger partial charge on any atom is -0.497 e. The first kappa shape index (κ1) is 15.5. The maximum absolute atomic E-state index is 12.0. The molecule has 21 heavy (non-hydrogen) atoms. The van der Waals surface area contributed by atoms with E-state index < -0.39 is 0 Å². The smallest absolute Gasteiger partial charge is 0.271 e. The van der Waals surface area contributed by atoms with E-state index in [1.54, 1.807) is 24.4 Å². The second-order valence-electron chi connectivity index (χ2n) is 3.94. The van der Waals surface area contributed by atoms with Gasteiger partial charge in [-0.3, -0.25) is 4.79 Å². The van der Waals surface area contributed by atoms with Crippen LogP contribution in [0.4, 0.5) is 0 Å². The van der Waals surface area contributed by atoms with Gasteiger partial charge in [-0.05, 0) is 40.2 Å². The number of rotatable bonds is 5. The lowest BCUT2D eigenvalue weighted by molar-refractivity contribution is 0.0954. The first-order chi connectivity index (χ1) is 10.1. The minimum absolute atomic E-state index is 0.334. The monoisotopic (exact) mass is 368 g/mol. The summed E-state index contributed by atoms with van der Waals surface area (Å²) in [4.78, 5) is 13.0. The van der Waals surface area contributed by atoms with Crippen molar-refractivity contribution in [3.63, 3.8) is 0 Å². The van der Waals surface area contributed by atoms with Crippen LogP contribution in [0.5, 0.6) is 11.5 Å². The van der Waals surface area contributed by atoms with Crippen LogP contribution < -0.4 is 14.9 Å². The third kappa shape index (κ3) is 4.30. The van der Waals surface area contributed by atoms with E-state index in [0.29, 0.717) is 17.1 Å². The number of hydrazone groups is 1. The lowest BCUT2D eigenvalue weighted by atomic mass is 10.2. The van der Waals surface area contributed by atoms with Crippen LogP contribution in [0.25, 0.3) is 0 Å². The third-order valence-electron chi connectivity index (χ3n) is 2.57. The number of hydrogen-bond donors (Lipinski definition) is 1. The Morgan fingerprint density at radius 2 is 1.90 bits per heavy atom. The molecule has 0 aliphatic carbocycles. The number of carbonyl (C=O) groups excluding carboxylic acids is 1. The molecule has 0 fully saturated rings. The second-order valence-corrected chi connectivity index (χ2v) is 6.44. The molecule has 0 saturated heterocycles. The van der Waals surface area contributed by atoms with Gasteiger partial charge in [0.15, 0.2) is 0 Å². The van der Waals surface area contributed by atoms with Gasteiger partial charge in [0.25, 0.3) is 5.91 Å². The van der Waals surface area contributed by atoms with Crippen LogP contribution in [0.3, 0.4) is 0 Å². The van der Waals surface area contributed by atoms with Crippen molar-refractivity contribution < 1.29 is 14.3 Å². The Bertz CT molecular complexity index is 648. The predicted octanol–water partition coefficient (Wildman–Crippen LogP) is 3.29. The third-order valence-corrected chi connectivity index (χ3v) is 4.12. The maximum atomic E-state index is 12.0. The molecular weight excluding hydrogens is 356 g/mol. The zero-order valence-electron chi connectivity index (χ0n) is 11.4. The fourth-order valence-corrected chi connectivity index (χ4v) is 2.85. The van der Waals surface area contributed by atoms with Crippen LogP contribution in [-0.2, 0) is 0 Å². The molecule has 1 amide bonds. The van der Waals surface area contributed by atoms with Crippen LogP contribution in [0.2, 0.25) is 0 Å². The molecule has 0 spiro atoms. The molecule has 0 aliphatic rings. The summed E-state index contributed by atoms with van der Waals surface area (Å²) in [7, 11) is 3.06. The minimum atomic E-state index is -0.334. The summed E-state index contributed by atoms with van der Waals surface area (Å²) in [5.74, 6) is 0.760. The van der Waals surface area contributed by atoms with Gasteiger partial charge in [-0.2, -0.15) is 5.10 Å². The topological polar surface area (TPSA) is 59.9 Å². The number of halogens is 1. The summed E-state index contributed by atoms with van der Waals surface area (Å²) in [5.41, 5.74) is 2.88. The molecule has 1 aromatic heterocycles. The summed E-state index contributed by atoms with van der Waals surface area (Å²) in [6.45, 7) is 0. The molecule has 1 aromatic carbocycles. The molecule has 0 atom stereocenters. The molecule has 2 aromatic rings. The van der Waals surface area contributed by atoms with Crippen LogP contribution >= 0.6 is 27.3 Å². The molecule has 0 unspecified atom stereocenters. The highest BCUT2D eigenvalue weighted by Gasteiger charge is 2.09. The van der Waals surface area contributed by atoms with Crippen molar-refractivity contribution in [1.82, 2.24) is 5.43 Å². The zero-order chi connectivity index (χ0) is 15.2. The molecule has 1 N–H and O–H groups in total. The fourth-order valence-electron chi connectivity index (χ4n) is 1.56. The van der Waals surface area contributed by atoms with E-state index in [2.05, 4.69) is 26.5 Å². The van der Waals surface area contributed by atoms with E-state index in [1.807, 2.05) is 12.1 Å². The number of carbonyl (C=O) groups is 1. The molecule has 0 radical (unpaired) electrons. The van der Waals surface area contributed by atoms with Gasteiger partial charge < -0.3 is 9.47 Å². The van der Waals surface area contributed by atoms with Crippen molar-refractivity contribution in [2.24, 2.45) is 5.10 Å². The van der Waals surface area contributed by atoms with Gasteiger partial charge in [0, 0.05) is 16.5 Å². The van der Waals surface area contributed by atoms with Crippen molar-refractivity contribution >= 4 is 39.4 Å². The average Bonchev–Trinajstić information content (AvgIpc) is 2.92. The number of ether oxygens (including phenoxy) is 2. The number of amides is 1. The zero-order valence-corrected chi connectivity index (χ0v) is 13.8.